The van der Waals surface area contributed by atoms with E-state index < -0.39 is 15.3 Å². The molecule has 1 heterocycles. The normalized spacial score (nSPS) is 25.4. The highest BCUT2D eigenvalue weighted by molar-refractivity contribution is 7.90. The lowest BCUT2D eigenvalue weighted by atomic mass is 9.80. The minimum absolute atomic E-state index is 0.0683. The summed E-state index contributed by atoms with van der Waals surface area (Å²) in [6.45, 7) is 0. The number of carbonyl (C=O) groups is 1. The van der Waals surface area contributed by atoms with E-state index in [1.165, 1.54) is 43.1 Å². The van der Waals surface area contributed by atoms with Crippen molar-refractivity contribution in [1.82, 2.24) is 4.98 Å². The van der Waals surface area contributed by atoms with Crippen LogP contribution in [0.1, 0.15) is 44.1 Å². The van der Waals surface area contributed by atoms with Crippen LogP contribution in [0.2, 0.25) is 4.34 Å². The van der Waals surface area contributed by atoms with Gasteiger partial charge in [0, 0.05) is 6.26 Å². The van der Waals surface area contributed by atoms with Gasteiger partial charge in [0.15, 0.2) is 15.0 Å². The van der Waals surface area contributed by atoms with Gasteiger partial charge in [-0.2, -0.15) is 0 Å². The molecule has 150 valence electrons. The molecule has 1 aromatic carbocycles. The summed E-state index contributed by atoms with van der Waals surface area (Å²) in [5.74, 6) is 0.752. The van der Waals surface area contributed by atoms with Crippen molar-refractivity contribution in [3.8, 4) is 0 Å². The first-order valence-corrected chi connectivity index (χ1v) is 12.6. The standard InChI is InChI=1S/C20H23ClN2O3S2/c1-28(25,26)15-9-7-14(8-10-15)20(11-16(20)13-5-3-2-4-6-13)18(24)23-19-22-12-17(21)27-19/h7-10,12-13,16H,2-6,11H2,1H3,(H,22,23,24)/t16-,20?/m0/s1. The number of nitrogens with zero attached hydrogens (tertiary/aromatic N) is 1. The third kappa shape index (κ3) is 3.72. The summed E-state index contributed by atoms with van der Waals surface area (Å²) in [6.07, 6.45) is 9.53. The lowest BCUT2D eigenvalue weighted by Crippen LogP contribution is -2.32. The molecule has 1 aromatic heterocycles. The largest absolute Gasteiger partial charge is 0.301 e. The van der Waals surface area contributed by atoms with Gasteiger partial charge in [0.05, 0.1) is 16.5 Å². The van der Waals surface area contributed by atoms with Crippen molar-refractivity contribution >= 4 is 43.8 Å². The van der Waals surface area contributed by atoms with Gasteiger partial charge in [0.1, 0.15) is 4.34 Å². The third-order valence-corrected chi connectivity index (χ3v) is 8.29. The number of thiazole rings is 1. The quantitative estimate of drug-likeness (QED) is 0.735. The molecule has 0 radical (unpaired) electrons. The molecule has 0 saturated heterocycles. The molecular formula is C20H23ClN2O3S2. The van der Waals surface area contributed by atoms with Crippen LogP contribution in [0, 0.1) is 11.8 Å². The van der Waals surface area contributed by atoms with Crippen LogP contribution in [0.25, 0.3) is 0 Å². The SMILES string of the molecule is CS(=O)(=O)c1ccc(C2(C(=O)Nc3ncc(Cl)s3)C[C@H]2C2CCCCC2)cc1. The highest BCUT2D eigenvalue weighted by Crippen LogP contribution is 2.61. The van der Waals surface area contributed by atoms with E-state index in [1.807, 2.05) is 0 Å². The van der Waals surface area contributed by atoms with Gasteiger partial charge in [0.25, 0.3) is 0 Å². The summed E-state index contributed by atoms with van der Waals surface area (Å²) in [5, 5.41) is 3.44. The Hall–Kier alpha value is -1.44. The lowest BCUT2D eigenvalue weighted by Gasteiger charge is -2.25. The fourth-order valence-electron chi connectivity index (χ4n) is 4.64. The Labute approximate surface area is 174 Å². The first-order valence-electron chi connectivity index (χ1n) is 9.54. The number of amides is 1. The van der Waals surface area contributed by atoms with Crippen molar-refractivity contribution in [3.05, 3.63) is 40.4 Å². The van der Waals surface area contributed by atoms with Crippen LogP contribution >= 0.6 is 22.9 Å². The van der Waals surface area contributed by atoms with E-state index in [0.29, 0.717) is 15.4 Å². The van der Waals surface area contributed by atoms with Crippen molar-refractivity contribution in [2.75, 3.05) is 11.6 Å². The van der Waals surface area contributed by atoms with E-state index in [1.54, 1.807) is 24.3 Å². The summed E-state index contributed by atoms with van der Waals surface area (Å²) < 4.78 is 24.1. The minimum Gasteiger partial charge on any atom is -0.301 e. The number of halogens is 1. The van der Waals surface area contributed by atoms with Crippen LogP contribution in [-0.2, 0) is 20.0 Å². The fraction of sp³-hybridized carbons (Fsp3) is 0.500. The van der Waals surface area contributed by atoms with Crippen LogP contribution in [0.4, 0.5) is 5.13 Å². The van der Waals surface area contributed by atoms with Crippen LogP contribution in [0.5, 0.6) is 0 Å². The summed E-state index contributed by atoms with van der Waals surface area (Å²) in [4.78, 5) is 17.8. The molecule has 2 aliphatic rings. The minimum atomic E-state index is -3.27. The number of benzene rings is 1. The monoisotopic (exact) mass is 438 g/mol. The maximum absolute atomic E-state index is 13.3. The van der Waals surface area contributed by atoms with Crippen molar-refractivity contribution < 1.29 is 13.2 Å². The van der Waals surface area contributed by atoms with Gasteiger partial charge in [-0.3, -0.25) is 4.79 Å². The number of hydrogen-bond donors (Lipinski definition) is 1. The van der Waals surface area contributed by atoms with Crippen LogP contribution in [0.15, 0.2) is 35.4 Å². The number of anilines is 1. The van der Waals surface area contributed by atoms with Crippen LogP contribution in [-0.4, -0.2) is 25.6 Å². The number of aromatic nitrogens is 1. The summed E-state index contributed by atoms with van der Waals surface area (Å²) in [7, 11) is -3.27. The molecule has 2 aliphatic carbocycles. The highest BCUT2D eigenvalue weighted by atomic mass is 35.5. The lowest BCUT2D eigenvalue weighted by molar-refractivity contribution is -0.119. The molecule has 1 N–H and O–H groups in total. The van der Waals surface area contributed by atoms with Crippen molar-refractivity contribution in [1.29, 1.82) is 0 Å². The van der Waals surface area contributed by atoms with Crippen LogP contribution < -0.4 is 5.32 Å². The van der Waals surface area contributed by atoms with E-state index in [0.717, 1.165) is 24.8 Å². The zero-order valence-electron chi connectivity index (χ0n) is 15.7. The van der Waals surface area contributed by atoms with E-state index in [-0.39, 0.29) is 16.7 Å². The second-order valence-corrected chi connectivity index (χ2v) is 11.6. The zero-order valence-corrected chi connectivity index (χ0v) is 18.0. The van der Waals surface area contributed by atoms with E-state index >= 15 is 0 Å². The summed E-state index contributed by atoms with van der Waals surface area (Å²) in [5.41, 5.74) is 0.270. The smallest absolute Gasteiger partial charge is 0.237 e. The first-order chi connectivity index (χ1) is 13.3. The van der Waals surface area contributed by atoms with Crippen molar-refractivity contribution in [3.63, 3.8) is 0 Å². The Morgan fingerprint density at radius 1 is 1.21 bits per heavy atom. The summed E-state index contributed by atoms with van der Waals surface area (Å²) in [6, 6.07) is 6.81. The molecule has 0 bridgehead atoms. The summed E-state index contributed by atoms with van der Waals surface area (Å²) >= 11 is 7.19. The van der Waals surface area contributed by atoms with Gasteiger partial charge in [0.2, 0.25) is 5.91 Å². The van der Waals surface area contributed by atoms with Gasteiger partial charge in [-0.05, 0) is 36.0 Å². The number of nitrogens with one attached hydrogen (secondary N) is 1. The zero-order chi connectivity index (χ0) is 19.9. The first kappa shape index (κ1) is 19.9. The van der Waals surface area contributed by atoms with Gasteiger partial charge in [-0.1, -0.05) is 67.2 Å². The van der Waals surface area contributed by atoms with Gasteiger partial charge < -0.3 is 5.32 Å². The van der Waals surface area contributed by atoms with E-state index in [4.69, 9.17) is 11.6 Å². The molecule has 0 aliphatic heterocycles. The molecule has 2 aromatic rings. The highest BCUT2D eigenvalue weighted by Gasteiger charge is 2.63. The molecule has 5 nitrogen and oxygen atoms in total. The number of carbonyl (C=O) groups excluding carboxylic acids is 1. The van der Waals surface area contributed by atoms with E-state index in [2.05, 4.69) is 10.3 Å². The maximum Gasteiger partial charge on any atom is 0.237 e. The predicted molar refractivity (Wildman–Crippen MR) is 112 cm³/mol. The number of sulfone groups is 1. The molecule has 2 fully saturated rings. The second-order valence-electron chi connectivity index (χ2n) is 7.90. The third-order valence-electron chi connectivity index (χ3n) is 6.13. The van der Waals surface area contributed by atoms with Gasteiger partial charge in [-0.15, -0.1) is 0 Å². The average molecular weight is 439 g/mol. The van der Waals surface area contributed by atoms with Crippen LogP contribution in [0.3, 0.4) is 0 Å². The fourth-order valence-corrected chi connectivity index (χ4v) is 6.08. The molecular weight excluding hydrogens is 416 g/mol. The Balaban J connectivity index is 1.65. The van der Waals surface area contributed by atoms with Crippen molar-refractivity contribution in [2.24, 2.45) is 11.8 Å². The molecule has 4 rings (SSSR count). The van der Waals surface area contributed by atoms with Gasteiger partial charge >= 0.3 is 0 Å². The molecule has 1 amide bonds. The Morgan fingerprint density at radius 3 is 2.46 bits per heavy atom. The Morgan fingerprint density at radius 2 is 1.89 bits per heavy atom. The Kier molecular flexibility index (Phi) is 5.27. The number of hydrogen-bond acceptors (Lipinski definition) is 5. The topological polar surface area (TPSA) is 76.1 Å². The van der Waals surface area contributed by atoms with E-state index in [9.17, 15) is 13.2 Å². The number of rotatable bonds is 5. The van der Waals surface area contributed by atoms with Gasteiger partial charge in [-0.25, -0.2) is 13.4 Å². The molecule has 1 unspecified atom stereocenters. The maximum atomic E-state index is 13.3. The molecule has 2 saturated carbocycles. The molecule has 8 heteroatoms. The van der Waals surface area contributed by atoms with Crippen molar-refractivity contribution in [2.45, 2.75) is 48.8 Å². The molecule has 2 atom stereocenters. The molecule has 28 heavy (non-hydrogen) atoms. The average Bonchev–Trinajstić information content (AvgIpc) is 3.32. The Bertz CT molecular complexity index is 981. The second kappa shape index (κ2) is 7.43. The predicted octanol–water partition coefficient (Wildman–Crippen LogP) is 4.68. The molecule has 0 spiro atoms.